The van der Waals surface area contributed by atoms with Crippen molar-refractivity contribution in [3.05, 3.63) is 96.8 Å². The highest BCUT2D eigenvalue weighted by Gasteiger charge is 2.11. The number of benzene rings is 3. The van der Waals surface area contributed by atoms with Gasteiger partial charge >= 0.3 is 0 Å². The van der Waals surface area contributed by atoms with Crippen LogP contribution < -0.4 is 5.32 Å². The normalized spacial score (nSPS) is 10.9. The van der Waals surface area contributed by atoms with Crippen LogP contribution in [0.15, 0.2) is 95.5 Å². The Balaban J connectivity index is 1.45. The van der Waals surface area contributed by atoms with Crippen LogP contribution in [0.1, 0.15) is 5.76 Å². The lowest BCUT2D eigenvalue weighted by Crippen LogP contribution is -2.03. The topological polar surface area (TPSA) is 63.8 Å². The van der Waals surface area contributed by atoms with Gasteiger partial charge < -0.3 is 9.84 Å². The van der Waals surface area contributed by atoms with Gasteiger partial charge in [0.2, 0.25) is 0 Å². The molecule has 3 aromatic carbocycles. The fourth-order valence-corrected chi connectivity index (χ4v) is 3.24. The van der Waals surface area contributed by atoms with Gasteiger partial charge in [-0.05, 0) is 12.1 Å². The van der Waals surface area contributed by atoms with Gasteiger partial charge in [-0.25, -0.2) is 9.97 Å². The summed E-state index contributed by atoms with van der Waals surface area (Å²) < 4.78 is 5.51. The lowest BCUT2D eigenvalue weighted by atomic mass is 10.1. The van der Waals surface area contributed by atoms with Gasteiger partial charge in [-0.2, -0.15) is 0 Å². The van der Waals surface area contributed by atoms with Crippen molar-refractivity contribution in [2.45, 2.75) is 6.54 Å². The van der Waals surface area contributed by atoms with Crippen LogP contribution in [0.25, 0.3) is 33.5 Å². The first-order valence-electron chi connectivity index (χ1n) is 9.44. The van der Waals surface area contributed by atoms with E-state index in [1.165, 1.54) is 0 Å². The maximum absolute atomic E-state index is 5.51. The highest BCUT2D eigenvalue weighted by atomic mass is 16.5. The van der Waals surface area contributed by atoms with E-state index in [2.05, 4.69) is 10.5 Å². The monoisotopic (exact) mass is 378 g/mol. The van der Waals surface area contributed by atoms with Crippen molar-refractivity contribution in [2.24, 2.45) is 0 Å². The smallest absolute Gasteiger partial charge is 0.162 e. The number of fused-ring (bicyclic) bond motifs is 1. The third kappa shape index (κ3) is 3.58. The molecule has 5 aromatic rings. The summed E-state index contributed by atoms with van der Waals surface area (Å²) in [5, 5.41) is 8.54. The molecule has 5 heteroatoms. The molecule has 0 amide bonds. The van der Waals surface area contributed by atoms with Gasteiger partial charge in [-0.3, -0.25) is 0 Å². The average molecular weight is 378 g/mol. The molecule has 0 aliphatic heterocycles. The molecule has 5 nitrogen and oxygen atoms in total. The minimum atomic E-state index is 0.481. The van der Waals surface area contributed by atoms with Crippen LogP contribution in [0.4, 0.5) is 5.82 Å². The second-order valence-corrected chi connectivity index (χ2v) is 6.68. The average Bonchev–Trinajstić information content (AvgIpc) is 3.27. The van der Waals surface area contributed by atoms with E-state index >= 15 is 0 Å². The number of anilines is 1. The van der Waals surface area contributed by atoms with Gasteiger partial charge in [-0.1, -0.05) is 78.0 Å². The zero-order chi connectivity index (χ0) is 19.5. The standard InChI is InChI=1S/C24H18N4O/c1-3-9-17(10-4-1)22-15-19(29-28-22)16-25-24-20-13-7-8-14-21(20)26-23(27-24)18-11-5-2-6-12-18/h1-15H,16H2,(H,25,26,27). The molecular formula is C24H18N4O. The summed E-state index contributed by atoms with van der Waals surface area (Å²) in [5.41, 5.74) is 3.72. The van der Waals surface area contributed by atoms with Crippen LogP contribution >= 0.6 is 0 Å². The quantitative estimate of drug-likeness (QED) is 0.433. The second kappa shape index (κ2) is 7.56. The number of aromatic nitrogens is 3. The predicted octanol–water partition coefficient (Wildman–Crippen LogP) is 5.56. The van der Waals surface area contributed by atoms with Gasteiger partial charge in [0.15, 0.2) is 11.6 Å². The van der Waals surface area contributed by atoms with E-state index in [1.807, 2.05) is 91.0 Å². The summed E-state index contributed by atoms with van der Waals surface area (Å²) in [4.78, 5) is 9.48. The Morgan fingerprint density at radius 2 is 1.41 bits per heavy atom. The highest BCUT2D eigenvalue weighted by molar-refractivity contribution is 5.90. The number of rotatable bonds is 5. The fraction of sp³-hybridized carbons (Fsp3) is 0.0417. The van der Waals surface area contributed by atoms with Crippen molar-refractivity contribution in [1.82, 2.24) is 15.1 Å². The maximum atomic E-state index is 5.51. The molecule has 0 aliphatic carbocycles. The fourth-order valence-electron chi connectivity index (χ4n) is 3.24. The summed E-state index contributed by atoms with van der Waals surface area (Å²) in [7, 11) is 0. The van der Waals surface area contributed by atoms with Crippen molar-refractivity contribution >= 4 is 16.7 Å². The highest BCUT2D eigenvalue weighted by Crippen LogP contribution is 2.26. The Hall–Kier alpha value is -3.99. The molecule has 29 heavy (non-hydrogen) atoms. The lowest BCUT2D eigenvalue weighted by molar-refractivity contribution is 0.390. The predicted molar refractivity (Wildman–Crippen MR) is 114 cm³/mol. The minimum Gasteiger partial charge on any atom is -0.362 e. The van der Waals surface area contributed by atoms with Crippen molar-refractivity contribution in [3.8, 4) is 22.6 Å². The van der Waals surface area contributed by atoms with E-state index in [4.69, 9.17) is 14.5 Å². The van der Waals surface area contributed by atoms with Crippen molar-refractivity contribution in [2.75, 3.05) is 5.32 Å². The summed E-state index contributed by atoms with van der Waals surface area (Å²) in [6, 6.07) is 29.9. The van der Waals surface area contributed by atoms with Gasteiger partial charge in [0.25, 0.3) is 0 Å². The maximum Gasteiger partial charge on any atom is 0.162 e. The molecule has 1 N–H and O–H groups in total. The van der Waals surface area contributed by atoms with Crippen LogP contribution in [-0.4, -0.2) is 15.1 Å². The summed E-state index contributed by atoms with van der Waals surface area (Å²) in [5.74, 6) is 2.20. The lowest BCUT2D eigenvalue weighted by Gasteiger charge is -2.10. The largest absolute Gasteiger partial charge is 0.362 e. The molecule has 0 bridgehead atoms. The molecule has 140 valence electrons. The molecular weight excluding hydrogens is 360 g/mol. The van der Waals surface area contributed by atoms with Gasteiger partial charge in [0, 0.05) is 22.6 Å². The number of nitrogens with zero attached hydrogens (tertiary/aromatic N) is 3. The molecule has 0 atom stereocenters. The van der Waals surface area contributed by atoms with E-state index in [-0.39, 0.29) is 0 Å². The Morgan fingerprint density at radius 1 is 0.724 bits per heavy atom. The molecule has 0 saturated carbocycles. The van der Waals surface area contributed by atoms with Crippen LogP contribution in [0.2, 0.25) is 0 Å². The number of hydrogen-bond acceptors (Lipinski definition) is 5. The molecule has 0 saturated heterocycles. The first-order chi connectivity index (χ1) is 14.4. The van der Waals surface area contributed by atoms with Gasteiger partial charge in [0.05, 0.1) is 12.1 Å². The Labute approximate surface area is 168 Å². The Morgan fingerprint density at radius 3 is 2.21 bits per heavy atom. The van der Waals surface area contributed by atoms with Gasteiger partial charge in [-0.15, -0.1) is 0 Å². The van der Waals surface area contributed by atoms with E-state index in [1.54, 1.807) is 0 Å². The first-order valence-corrected chi connectivity index (χ1v) is 9.44. The van der Waals surface area contributed by atoms with Crippen molar-refractivity contribution in [3.63, 3.8) is 0 Å². The second-order valence-electron chi connectivity index (χ2n) is 6.68. The zero-order valence-corrected chi connectivity index (χ0v) is 15.6. The van der Waals surface area contributed by atoms with Crippen molar-refractivity contribution in [1.29, 1.82) is 0 Å². The number of hydrogen-bond donors (Lipinski definition) is 1. The van der Waals surface area contributed by atoms with E-state index in [0.717, 1.165) is 39.3 Å². The molecule has 0 unspecified atom stereocenters. The van der Waals surface area contributed by atoms with Crippen LogP contribution in [-0.2, 0) is 6.54 Å². The summed E-state index contributed by atoms with van der Waals surface area (Å²) >= 11 is 0. The zero-order valence-electron chi connectivity index (χ0n) is 15.6. The summed E-state index contributed by atoms with van der Waals surface area (Å²) in [6.07, 6.45) is 0. The molecule has 0 aliphatic rings. The molecule has 2 aromatic heterocycles. The molecule has 2 heterocycles. The SMILES string of the molecule is c1ccc(-c2cc(CNc3nc(-c4ccccc4)nc4ccccc34)on2)cc1. The van der Waals surface area contributed by atoms with E-state index in [9.17, 15) is 0 Å². The third-order valence-electron chi connectivity index (χ3n) is 4.69. The molecule has 0 spiro atoms. The third-order valence-corrected chi connectivity index (χ3v) is 4.69. The van der Waals surface area contributed by atoms with Gasteiger partial charge in [0.1, 0.15) is 11.5 Å². The molecule has 0 radical (unpaired) electrons. The Bertz CT molecular complexity index is 1250. The summed E-state index contributed by atoms with van der Waals surface area (Å²) in [6.45, 7) is 0.481. The van der Waals surface area contributed by atoms with Crippen LogP contribution in [0.5, 0.6) is 0 Å². The van der Waals surface area contributed by atoms with E-state index < -0.39 is 0 Å². The Kier molecular flexibility index (Phi) is 4.47. The minimum absolute atomic E-state index is 0.481. The van der Waals surface area contributed by atoms with Crippen molar-refractivity contribution < 1.29 is 4.52 Å². The number of nitrogens with one attached hydrogen (secondary N) is 1. The molecule has 0 fully saturated rings. The number of para-hydroxylation sites is 1. The van der Waals surface area contributed by atoms with Crippen LogP contribution in [0.3, 0.4) is 0 Å². The first kappa shape index (κ1) is 17.1. The van der Waals surface area contributed by atoms with Crippen LogP contribution in [0, 0.1) is 0 Å². The van der Waals surface area contributed by atoms with E-state index in [0.29, 0.717) is 12.4 Å². The molecule has 5 rings (SSSR count).